The summed E-state index contributed by atoms with van der Waals surface area (Å²) < 4.78 is 24.0. The second kappa shape index (κ2) is 15.0. The number of benzene rings is 1. The lowest BCUT2D eigenvalue weighted by Crippen LogP contribution is -2.41. The maximum atomic E-state index is 12.0. The van der Waals surface area contributed by atoms with Gasteiger partial charge in [0.2, 0.25) is 0 Å². The molecule has 0 fully saturated rings. The molecule has 10 nitrogen and oxygen atoms in total. The van der Waals surface area contributed by atoms with Gasteiger partial charge in [0.1, 0.15) is 0 Å². The van der Waals surface area contributed by atoms with Gasteiger partial charge in [0.25, 0.3) is 0 Å². The molecule has 0 heterocycles. The van der Waals surface area contributed by atoms with Crippen LogP contribution in [0.5, 0.6) is 0 Å². The number of nitrogens with zero attached hydrogens (tertiary/aromatic N) is 1. The van der Waals surface area contributed by atoms with Crippen LogP contribution >= 0.6 is 0 Å². The van der Waals surface area contributed by atoms with E-state index in [0.717, 1.165) is 19.6 Å². The molecule has 1 aromatic carbocycles. The smallest absolute Gasteiger partial charge is 0.328 e. The van der Waals surface area contributed by atoms with Crippen molar-refractivity contribution in [1.82, 2.24) is 15.5 Å². The molecule has 30 heavy (non-hydrogen) atoms. The predicted octanol–water partition coefficient (Wildman–Crippen LogP) is 0.813. The normalized spacial score (nSPS) is 10.9. The van der Waals surface area contributed by atoms with Crippen LogP contribution in [0.3, 0.4) is 0 Å². The number of hydrogen-bond acceptors (Lipinski definition) is 6. The number of likely N-dealkylation sites (N-methyl/N-ethyl adjacent to an activating group) is 1. The molecule has 168 valence electrons. The van der Waals surface area contributed by atoms with Crippen molar-refractivity contribution in [3.05, 3.63) is 42.5 Å². The molecule has 0 aliphatic carbocycles. The first-order valence-corrected chi connectivity index (χ1v) is 10.9. The van der Waals surface area contributed by atoms with Gasteiger partial charge in [0, 0.05) is 31.8 Å². The van der Waals surface area contributed by atoms with Crippen LogP contribution in [-0.4, -0.2) is 80.0 Å². The number of carboxylic acids is 2. The van der Waals surface area contributed by atoms with E-state index in [1.807, 2.05) is 0 Å². The van der Waals surface area contributed by atoms with Crippen LogP contribution in [0.4, 0.5) is 4.79 Å². The van der Waals surface area contributed by atoms with Gasteiger partial charge in [0.15, 0.2) is 9.84 Å². The third kappa shape index (κ3) is 13.3. The van der Waals surface area contributed by atoms with Gasteiger partial charge in [-0.25, -0.2) is 22.8 Å². The van der Waals surface area contributed by atoms with E-state index in [4.69, 9.17) is 10.2 Å². The first-order chi connectivity index (χ1) is 14.1. The van der Waals surface area contributed by atoms with Crippen LogP contribution in [-0.2, 0) is 19.4 Å². The van der Waals surface area contributed by atoms with Gasteiger partial charge in [0.05, 0.1) is 10.6 Å². The second-order valence-electron chi connectivity index (χ2n) is 5.85. The van der Waals surface area contributed by atoms with Crippen molar-refractivity contribution in [2.45, 2.75) is 18.7 Å². The Bertz CT molecular complexity index is 776. The molecule has 0 saturated heterocycles. The Morgan fingerprint density at radius 1 is 0.933 bits per heavy atom. The van der Waals surface area contributed by atoms with Crippen molar-refractivity contribution < 1.29 is 33.0 Å². The number of aliphatic carboxylic acids is 2. The molecule has 0 radical (unpaired) electrons. The summed E-state index contributed by atoms with van der Waals surface area (Å²) in [6.07, 6.45) is 1.12. The van der Waals surface area contributed by atoms with Gasteiger partial charge >= 0.3 is 18.0 Å². The number of carboxylic acid groups (broad SMARTS) is 2. The summed E-state index contributed by atoms with van der Waals surface area (Å²) in [5, 5.41) is 20.9. The third-order valence-electron chi connectivity index (χ3n) is 3.74. The number of sulfone groups is 1. The quantitative estimate of drug-likeness (QED) is 0.367. The van der Waals surface area contributed by atoms with Gasteiger partial charge in [-0.1, -0.05) is 32.0 Å². The van der Waals surface area contributed by atoms with Crippen molar-refractivity contribution in [2.24, 2.45) is 0 Å². The minimum atomic E-state index is -3.35. The fourth-order valence-electron chi connectivity index (χ4n) is 2.12. The average Bonchev–Trinajstić information content (AvgIpc) is 2.71. The summed E-state index contributed by atoms with van der Waals surface area (Å²) in [6.45, 7) is 7.43. The average molecular weight is 444 g/mol. The molecule has 0 atom stereocenters. The molecule has 1 aromatic rings. The molecule has 0 aliphatic rings. The van der Waals surface area contributed by atoms with Crippen molar-refractivity contribution in [3.63, 3.8) is 0 Å². The van der Waals surface area contributed by atoms with Gasteiger partial charge in [-0.2, -0.15) is 0 Å². The number of carbonyl (C=O) groups is 3. The highest BCUT2D eigenvalue weighted by Crippen LogP contribution is 2.09. The largest absolute Gasteiger partial charge is 0.478 e. The third-order valence-corrected chi connectivity index (χ3v) is 5.47. The number of carbonyl (C=O) groups excluding carboxylic acids is 1. The molecule has 0 bridgehead atoms. The number of amides is 2. The Labute approximate surface area is 176 Å². The van der Waals surface area contributed by atoms with Gasteiger partial charge in [-0.15, -0.1) is 0 Å². The molecule has 1 rings (SSSR count). The lowest BCUT2D eigenvalue weighted by atomic mass is 10.4. The summed E-state index contributed by atoms with van der Waals surface area (Å²) in [5.41, 5.74) is 0. The zero-order valence-corrected chi connectivity index (χ0v) is 17.9. The molecule has 0 saturated carbocycles. The topological polar surface area (TPSA) is 153 Å². The standard InChI is InChI=1S/C15H25N3O3S.C4H4O4/c1-3-18(4-2)12-10-16-15(19)17-11-13-22(20,21)14-8-6-5-7-9-14;5-3(6)1-2-4(7)8/h5-9H,3-4,10-13H2,1-2H3,(H2,16,17,19);1-2H,(H,5,6)(H,7,8). The van der Waals surface area contributed by atoms with Crippen molar-refractivity contribution in [3.8, 4) is 0 Å². The van der Waals surface area contributed by atoms with Crippen molar-refractivity contribution >= 4 is 27.8 Å². The number of urea groups is 1. The summed E-state index contributed by atoms with van der Waals surface area (Å²) in [4.78, 5) is 33.2. The number of hydrogen-bond donors (Lipinski definition) is 4. The molecule has 0 aromatic heterocycles. The van der Waals surface area contributed by atoms with Crippen molar-refractivity contribution in [1.29, 1.82) is 0 Å². The van der Waals surface area contributed by atoms with Crippen LogP contribution < -0.4 is 10.6 Å². The predicted molar refractivity (Wildman–Crippen MR) is 112 cm³/mol. The van der Waals surface area contributed by atoms with Crippen LogP contribution in [0.2, 0.25) is 0 Å². The maximum Gasteiger partial charge on any atom is 0.328 e. The van der Waals surface area contributed by atoms with Gasteiger partial charge < -0.3 is 25.7 Å². The molecule has 0 aliphatic heterocycles. The van der Waals surface area contributed by atoms with Crippen molar-refractivity contribution in [2.75, 3.05) is 38.5 Å². The SMILES string of the molecule is CCN(CC)CCNC(=O)NCCS(=O)(=O)c1ccccc1.O=C(O)C=CC(=O)O. The van der Waals surface area contributed by atoms with Crippen LogP contribution in [0, 0.1) is 0 Å². The molecule has 2 amide bonds. The first kappa shape index (κ1) is 27.1. The van der Waals surface area contributed by atoms with Gasteiger partial charge in [-0.3, -0.25) is 0 Å². The van der Waals surface area contributed by atoms with E-state index in [0.29, 0.717) is 18.7 Å². The van der Waals surface area contributed by atoms with E-state index in [9.17, 15) is 22.8 Å². The summed E-state index contributed by atoms with van der Waals surface area (Å²) in [6, 6.07) is 7.90. The molecular weight excluding hydrogens is 414 g/mol. The highest BCUT2D eigenvalue weighted by molar-refractivity contribution is 7.91. The van der Waals surface area contributed by atoms with Crippen LogP contribution in [0.15, 0.2) is 47.4 Å². The molecule has 4 N–H and O–H groups in total. The summed E-state index contributed by atoms with van der Waals surface area (Å²) >= 11 is 0. The zero-order valence-electron chi connectivity index (χ0n) is 17.1. The Balaban J connectivity index is 0.000000890. The molecular formula is C19H29N3O7S. The van der Waals surface area contributed by atoms with Crippen LogP contribution in [0.25, 0.3) is 0 Å². The van der Waals surface area contributed by atoms with Gasteiger partial charge in [-0.05, 0) is 25.2 Å². The highest BCUT2D eigenvalue weighted by Gasteiger charge is 2.13. The Hall–Kier alpha value is -2.92. The highest BCUT2D eigenvalue weighted by atomic mass is 32.2. The Morgan fingerprint density at radius 2 is 1.43 bits per heavy atom. The van der Waals surface area contributed by atoms with E-state index in [1.165, 1.54) is 0 Å². The first-order valence-electron chi connectivity index (χ1n) is 9.28. The fraction of sp³-hybridized carbons (Fsp3) is 0.421. The second-order valence-corrected chi connectivity index (χ2v) is 7.96. The molecule has 0 unspecified atom stereocenters. The van der Waals surface area contributed by atoms with E-state index >= 15 is 0 Å². The zero-order chi connectivity index (χ0) is 23.0. The Kier molecular flexibility index (Phi) is 13.5. The monoisotopic (exact) mass is 443 g/mol. The minimum Gasteiger partial charge on any atom is -0.478 e. The fourth-order valence-corrected chi connectivity index (χ4v) is 3.30. The number of rotatable bonds is 11. The van der Waals surface area contributed by atoms with Crippen LogP contribution in [0.1, 0.15) is 13.8 Å². The molecule has 0 spiro atoms. The van der Waals surface area contributed by atoms with E-state index < -0.39 is 21.8 Å². The van der Waals surface area contributed by atoms with E-state index in [1.54, 1.807) is 30.3 Å². The van der Waals surface area contributed by atoms with E-state index in [2.05, 4.69) is 29.4 Å². The maximum absolute atomic E-state index is 12.0. The lowest BCUT2D eigenvalue weighted by molar-refractivity contribution is -0.134. The Morgan fingerprint density at radius 3 is 1.90 bits per heavy atom. The summed E-state index contributed by atoms with van der Waals surface area (Å²) in [5.74, 6) is -2.62. The number of nitrogens with one attached hydrogen (secondary N) is 2. The lowest BCUT2D eigenvalue weighted by Gasteiger charge is -2.18. The molecule has 11 heteroatoms. The van der Waals surface area contributed by atoms with E-state index in [-0.39, 0.29) is 23.2 Å². The summed E-state index contributed by atoms with van der Waals surface area (Å²) in [7, 11) is -3.35. The minimum absolute atomic E-state index is 0.0916.